The van der Waals surface area contributed by atoms with Gasteiger partial charge in [0, 0.05) is 5.33 Å². The Bertz CT molecular complexity index is 379. The Morgan fingerprint density at radius 1 is 1.53 bits per heavy atom. The van der Waals surface area contributed by atoms with E-state index in [1.54, 1.807) is 0 Å². The summed E-state index contributed by atoms with van der Waals surface area (Å²) >= 11 is 3.22. The van der Waals surface area contributed by atoms with E-state index in [0.717, 1.165) is 5.56 Å². The molecule has 1 N–H and O–H groups in total. The van der Waals surface area contributed by atoms with Crippen molar-refractivity contribution in [3.63, 3.8) is 0 Å². The average molecular weight is 277 g/mol. The summed E-state index contributed by atoms with van der Waals surface area (Å²) in [5.74, 6) is -1.40. The highest BCUT2D eigenvalue weighted by Gasteiger charge is 2.11. The normalized spacial score (nSPS) is 10.1. The molecule has 0 spiro atoms. The van der Waals surface area contributed by atoms with E-state index in [1.807, 2.05) is 0 Å². The van der Waals surface area contributed by atoms with Crippen LogP contribution in [0.1, 0.15) is 11.1 Å². The van der Waals surface area contributed by atoms with Crippen LogP contribution in [0, 0.1) is 5.82 Å². The Morgan fingerprint density at radius 3 is 2.67 bits per heavy atom. The monoisotopic (exact) mass is 276 g/mol. The van der Waals surface area contributed by atoms with Crippen LogP contribution in [0.4, 0.5) is 4.39 Å². The van der Waals surface area contributed by atoms with Gasteiger partial charge in [0.25, 0.3) is 0 Å². The highest BCUT2D eigenvalue weighted by atomic mass is 79.9. The third kappa shape index (κ3) is 2.92. The first kappa shape index (κ1) is 12.0. The zero-order valence-corrected chi connectivity index (χ0v) is 9.67. The van der Waals surface area contributed by atoms with Crippen molar-refractivity contribution < 1.29 is 19.0 Å². The van der Waals surface area contributed by atoms with Gasteiger partial charge in [0.1, 0.15) is 0 Å². The minimum Gasteiger partial charge on any atom is -0.494 e. The summed E-state index contributed by atoms with van der Waals surface area (Å²) in [7, 11) is 1.37. The number of alkyl halides is 1. The van der Waals surface area contributed by atoms with Crippen molar-refractivity contribution in [1.29, 1.82) is 0 Å². The highest BCUT2D eigenvalue weighted by molar-refractivity contribution is 9.08. The van der Waals surface area contributed by atoms with Gasteiger partial charge in [0.05, 0.1) is 13.5 Å². The molecule has 0 bridgehead atoms. The summed E-state index contributed by atoms with van der Waals surface area (Å²) < 4.78 is 18.1. The summed E-state index contributed by atoms with van der Waals surface area (Å²) in [6.45, 7) is 0. The van der Waals surface area contributed by atoms with E-state index >= 15 is 0 Å². The summed E-state index contributed by atoms with van der Waals surface area (Å²) in [5.41, 5.74) is 1.17. The molecule has 0 saturated heterocycles. The first-order chi connectivity index (χ1) is 7.08. The molecule has 0 unspecified atom stereocenters. The Kier molecular flexibility index (Phi) is 4.08. The maximum Gasteiger partial charge on any atom is 0.307 e. The van der Waals surface area contributed by atoms with Crippen molar-refractivity contribution in [2.75, 3.05) is 7.11 Å². The van der Waals surface area contributed by atoms with Gasteiger partial charge >= 0.3 is 5.97 Å². The number of carboxylic acids is 1. The summed E-state index contributed by atoms with van der Waals surface area (Å²) in [4.78, 5) is 10.5. The van der Waals surface area contributed by atoms with Crippen LogP contribution in [0.25, 0.3) is 0 Å². The molecule has 0 radical (unpaired) electrons. The molecule has 0 saturated carbocycles. The largest absolute Gasteiger partial charge is 0.494 e. The number of hydrogen-bond acceptors (Lipinski definition) is 2. The molecular weight excluding hydrogens is 267 g/mol. The molecule has 0 atom stereocenters. The van der Waals surface area contributed by atoms with Gasteiger partial charge in [-0.3, -0.25) is 4.79 Å². The second kappa shape index (κ2) is 5.11. The number of hydrogen-bond donors (Lipinski definition) is 1. The van der Waals surface area contributed by atoms with Crippen LogP contribution in [-0.2, 0) is 16.5 Å². The van der Waals surface area contributed by atoms with Crippen LogP contribution < -0.4 is 4.74 Å². The first-order valence-electron chi connectivity index (χ1n) is 4.21. The lowest BCUT2D eigenvalue weighted by molar-refractivity contribution is -0.136. The molecule has 5 heteroatoms. The fourth-order valence-corrected chi connectivity index (χ4v) is 1.77. The van der Waals surface area contributed by atoms with E-state index in [0.29, 0.717) is 10.9 Å². The molecule has 1 aromatic carbocycles. The number of methoxy groups -OCH3 is 1. The average Bonchev–Trinajstić information content (AvgIpc) is 2.17. The van der Waals surface area contributed by atoms with Gasteiger partial charge in [-0.15, -0.1) is 0 Å². The van der Waals surface area contributed by atoms with E-state index < -0.39 is 11.8 Å². The van der Waals surface area contributed by atoms with Gasteiger partial charge in [0.15, 0.2) is 11.6 Å². The second-order valence-electron chi connectivity index (χ2n) is 2.96. The molecule has 0 aliphatic heterocycles. The topological polar surface area (TPSA) is 46.5 Å². The number of rotatable bonds is 4. The standard InChI is InChI=1S/C10H10BrFO3/c1-15-9-3-7(5-11)6(2-8(9)12)4-10(13)14/h2-3H,4-5H2,1H3,(H,13,14). The molecule has 82 valence electrons. The molecule has 0 aromatic heterocycles. The van der Waals surface area contributed by atoms with Gasteiger partial charge in [-0.2, -0.15) is 0 Å². The van der Waals surface area contributed by atoms with Crippen molar-refractivity contribution >= 4 is 21.9 Å². The smallest absolute Gasteiger partial charge is 0.307 e. The van der Waals surface area contributed by atoms with Gasteiger partial charge in [-0.1, -0.05) is 15.9 Å². The van der Waals surface area contributed by atoms with Gasteiger partial charge in [-0.25, -0.2) is 4.39 Å². The number of benzene rings is 1. The Hall–Kier alpha value is -1.10. The lowest BCUT2D eigenvalue weighted by Gasteiger charge is -2.08. The molecule has 1 aromatic rings. The minimum atomic E-state index is -0.984. The van der Waals surface area contributed by atoms with Crippen LogP contribution in [0.5, 0.6) is 5.75 Å². The number of carboxylic acid groups (broad SMARTS) is 1. The Morgan fingerprint density at radius 2 is 2.20 bits per heavy atom. The van der Waals surface area contributed by atoms with E-state index in [9.17, 15) is 9.18 Å². The molecule has 3 nitrogen and oxygen atoms in total. The number of aliphatic carboxylic acids is 1. The van der Waals surface area contributed by atoms with Crippen molar-refractivity contribution in [3.05, 3.63) is 29.1 Å². The maximum absolute atomic E-state index is 13.3. The molecule has 0 fully saturated rings. The number of carbonyl (C=O) groups is 1. The molecular formula is C10H10BrFO3. The van der Waals surface area contributed by atoms with E-state index in [1.165, 1.54) is 19.2 Å². The minimum absolute atomic E-state index is 0.124. The van der Waals surface area contributed by atoms with Crippen molar-refractivity contribution in [3.8, 4) is 5.75 Å². The lowest BCUT2D eigenvalue weighted by atomic mass is 10.1. The van der Waals surface area contributed by atoms with Crippen LogP contribution >= 0.6 is 15.9 Å². The van der Waals surface area contributed by atoms with Crippen molar-refractivity contribution in [2.45, 2.75) is 11.8 Å². The fraction of sp³-hybridized carbons (Fsp3) is 0.300. The van der Waals surface area contributed by atoms with E-state index in [2.05, 4.69) is 15.9 Å². The third-order valence-electron chi connectivity index (χ3n) is 1.96. The van der Waals surface area contributed by atoms with Crippen molar-refractivity contribution in [1.82, 2.24) is 0 Å². The Labute approximate surface area is 95.0 Å². The molecule has 0 aliphatic carbocycles. The quantitative estimate of drug-likeness (QED) is 0.859. The van der Waals surface area contributed by atoms with Gasteiger partial charge < -0.3 is 9.84 Å². The maximum atomic E-state index is 13.3. The number of halogens is 2. The highest BCUT2D eigenvalue weighted by Crippen LogP contribution is 2.24. The SMILES string of the molecule is COc1cc(CBr)c(CC(=O)O)cc1F. The summed E-state index contributed by atoms with van der Waals surface area (Å²) in [6, 6.07) is 2.70. The molecule has 15 heavy (non-hydrogen) atoms. The summed E-state index contributed by atoms with van der Waals surface area (Å²) in [5, 5.41) is 9.10. The van der Waals surface area contributed by atoms with Crippen LogP contribution in [0.3, 0.4) is 0 Å². The number of ether oxygens (including phenoxy) is 1. The molecule has 0 amide bonds. The first-order valence-corrected chi connectivity index (χ1v) is 5.33. The summed E-state index contributed by atoms with van der Waals surface area (Å²) in [6.07, 6.45) is -0.193. The Balaban J connectivity index is 3.15. The van der Waals surface area contributed by atoms with Crippen molar-refractivity contribution in [2.24, 2.45) is 0 Å². The zero-order valence-electron chi connectivity index (χ0n) is 8.09. The predicted molar refractivity (Wildman–Crippen MR) is 56.9 cm³/mol. The second-order valence-corrected chi connectivity index (χ2v) is 3.52. The fourth-order valence-electron chi connectivity index (χ4n) is 1.24. The zero-order chi connectivity index (χ0) is 11.4. The van der Waals surface area contributed by atoms with Crippen LogP contribution in [0.2, 0.25) is 0 Å². The lowest BCUT2D eigenvalue weighted by Crippen LogP contribution is -2.04. The molecule has 0 aliphatic rings. The van der Waals surface area contributed by atoms with Crippen LogP contribution in [0.15, 0.2) is 12.1 Å². The predicted octanol–water partition coefficient (Wildman–Crippen LogP) is 2.36. The van der Waals surface area contributed by atoms with Gasteiger partial charge in [0.2, 0.25) is 0 Å². The van der Waals surface area contributed by atoms with Gasteiger partial charge in [-0.05, 0) is 23.3 Å². The van der Waals surface area contributed by atoms with E-state index in [-0.39, 0.29) is 12.2 Å². The third-order valence-corrected chi connectivity index (χ3v) is 2.56. The molecule has 1 rings (SSSR count). The molecule has 0 heterocycles. The van der Waals surface area contributed by atoms with Crippen LogP contribution in [-0.4, -0.2) is 18.2 Å². The van der Waals surface area contributed by atoms with E-state index in [4.69, 9.17) is 9.84 Å².